The van der Waals surface area contributed by atoms with Gasteiger partial charge in [0, 0.05) is 40.2 Å². The van der Waals surface area contributed by atoms with Crippen LogP contribution in [0.1, 0.15) is 29.3 Å². The molecule has 10 heteroatoms. The summed E-state index contributed by atoms with van der Waals surface area (Å²) in [7, 11) is -3.92. The minimum atomic E-state index is -3.92. The zero-order chi connectivity index (χ0) is 23.0. The summed E-state index contributed by atoms with van der Waals surface area (Å²) >= 11 is 0. The van der Waals surface area contributed by atoms with E-state index in [2.05, 4.69) is 14.7 Å². The molecule has 164 valence electrons. The Morgan fingerprint density at radius 1 is 1.09 bits per heavy atom. The van der Waals surface area contributed by atoms with Crippen LogP contribution in [0.5, 0.6) is 0 Å². The summed E-state index contributed by atoms with van der Waals surface area (Å²) in [6.45, 7) is 1.40. The lowest BCUT2D eigenvalue weighted by molar-refractivity contribution is -0.136. The highest BCUT2D eigenvalue weighted by Crippen LogP contribution is 2.29. The number of aromatic amines is 2. The van der Waals surface area contributed by atoms with Gasteiger partial charge in [0.15, 0.2) is 5.78 Å². The average molecular weight is 453 g/mol. The average Bonchev–Trinajstić information content (AvgIpc) is 3.17. The minimum Gasteiger partial charge on any atom is -0.481 e. The first kappa shape index (κ1) is 21.3. The maximum Gasteiger partial charge on any atom is 0.303 e. The van der Waals surface area contributed by atoms with E-state index in [1.54, 1.807) is 18.3 Å². The third-order valence-corrected chi connectivity index (χ3v) is 6.55. The standard InChI is InChI=1S/C22H19N3O6S/c1-12(26)13-2-6-16(7-3-13)32(30,31)25-15-5-8-18-17(10-15)20-14(4-9-19(27)28)11-23-21(20)22(29)24-18/h2-3,5-8,10-11,23,25H,4,9H2,1H3,(H,24,29)(H,27,28). The van der Waals surface area contributed by atoms with E-state index in [4.69, 9.17) is 5.11 Å². The summed E-state index contributed by atoms with van der Waals surface area (Å²) in [4.78, 5) is 40.4. The largest absolute Gasteiger partial charge is 0.481 e. The van der Waals surface area contributed by atoms with Crippen LogP contribution in [0.25, 0.3) is 21.8 Å². The lowest BCUT2D eigenvalue weighted by atomic mass is 10.0. The molecule has 0 saturated heterocycles. The SMILES string of the molecule is CC(=O)c1ccc(S(=O)(=O)Nc2ccc3[nH]c(=O)c4[nH]cc(CCC(=O)O)c4c3c2)cc1. The van der Waals surface area contributed by atoms with Crippen molar-refractivity contribution in [2.75, 3.05) is 4.72 Å². The van der Waals surface area contributed by atoms with Crippen molar-refractivity contribution in [1.82, 2.24) is 9.97 Å². The van der Waals surface area contributed by atoms with Crippen molar-refractivity contribution in [2.45, 2.75) is 24.7 Å². The molecule has 0 aliphatic heterocycles. The van der Waals surface area contributed by atoms with E-state index in [0.717, 1.165) is 0 Å². The summed E-state index contributed by atoms with van der Waals surface area (Å²) in [6, 6.07) is 10.3. The van der Waals surface area contributed by atoms with Gasteiger partial charge in [-0.15, -0.1) is 0 Å². The van der Waals surface area contributed by atoms with Crippen LogP contribution in [-0.4, -0.2) is 35.2 Å². The fraction of sp³-hybridized carbons (Fsp3) is 0.136. The van der Waals surface area contributed by atoms with Crippen molar-refractivity contribution in [3.8, 4) is 0 Å². The van der Waals surface area contributed by atoms with Gasteiger partial charge in [0.25, 0.3) is 15.6 Å². The number of pyridine rings is 1. The molecule has 0 saturated carbocycles. The third kappa shape index (κ3) is 4.00. The number of anilines is 1. The highest BCUT2D eigenvalue weighted by Gasteiger charge is 2.17. The van der Waals surface area contributed by atoms with Crippen LogP contribution in [0.2, 0.25) is 0 Å². The third-order valence-electron chi connectivity index (χ3n) is 5.16. The van der Waals surface area contributed by atoms with Crippen molar-refractivity contribution < 1.29 is 23.1 Å². The normalized spacial score (nSPS) is 11.7. The van der Waals surface area contributed by atoms with Gasteiger partial charge in [-0.25, -0.2) is 8.42 Å². The summed E-state index contributed by atoms with van der Waals surface area (Å²) in [5, 5.41) is 10.1. The molecule has 0 bridgehead atoms. The van der Waals surface area contributed by atoms with Crippen LogP contribution in [0.15, 0.2) is 58.4 Å². The first-order valence-corrected chi connectivity index (χ1v) is 11.2. The number of carbonyl (C=O) groups excluding carboxylic acids is 1. The number of ketones is 1. The van der Waals surface area contributed by atoms with Gasteiger partial charge >= 0.3 is 5.97 Å². The van der Waals surface area contributed by atoms with Gasteiger partial charge in [0.05, 0.1) is 4.90 Å². The number of aryl methyl sites for hydroxylation is 1. The number of fused-ring (bicyclic) bond motifs is 3. The molecule has 9 nitrogen and oxygen atoms in total. The Morgan fingerprint density at radius 3 is 2.47 bits per heavy atom. The summed E-state index contributed by atoms with van der Waals surface area (Å²) in [6.07, 6.45) is 1.70. The second-order valence-electron chi connectivity index (χ2n) is 7.36. The number of carboxylic acid groups (broad SMARTS) is 1. The van der Waals surface area contributed by atoms with Crippen molar-refractivity contribution >= 4 is 49.3 Å². The van der Waals surface area contributed by atoms with E-state index >= 15 is 0 Å². The van der Waals surface area contributed by atoms with E-state index < -0.39 is 16.0 Å². The number of rotatable bonds is 7. The van der Waals surface area contributed by atoms with Gasteiger partial charge in [-0.3, -0.25) is 19.1 Å². The van der Waals surface area contributed by atoms with Gasteiger partial charge in [0.1, 0.15) is 5.52 Å². The molecular weight excluding hydrogens is 434 g/mol. The predicted molar refractivity (Wildman–Crippen MR) is 120 cm³/mol. The summed E-state index contributed by atoms with van der Waals surface area (Å²) in [5.41, 5.74) is 1.76. The van der Waals surface area contributed by atoms with Crippen LogP contribution >= 0.6 is 0 Å². The highest BCUT2D eigenvalue weighted by atomic mass is 32.2. The van der Waals surface area contributed by atoms with Crippen LogP contribution in [0.3, 0.4) is 0 Å². The molecule has 2 aromatic carbocycles. The topological polar surface area (TPSA) is 149 Å². The lowest BCUT2D eigenvalue weighted by Gasteiger charge is -2.10. The molecule has 0 radical (unpaired) electrons. The highest BCUT2D eigenvalue weighted by molar-refractivity contribution is 7.92. The van der Waals surface area contributed by atoms with Crippen molar-refractivity contribution in [3.05, 3.63) is 70.1 Å². The van der Waals surface area contributed by atoms with Crippen molar-refractivity contribution in [3.63, 3.8) is 0 Å². The van der Waals surface area contributed by atoms with Crippen molar-refractivity contribution in [1.29, 1.82) is 0 Å². The second kappa shape index (κ2) is 7.97. The first-order chi connectivity index (χ1) is 15.2. The molecule has 0 spiro atoms. The Balaban J connectivity index is 1.77. The van der Waals surface area contributed by atoms with Crippen molar-refractivity contribution in [2.24, 2.45) is 0 Å². The molecule has 2 aromatic heterocycles. The lowest BCUT2D eigenvalue weighted by Crippen LogP contribution is -2.13. The number of aliphatic carboxylic acids is 1. The Kier molecular flexibility index (Phi) is 5.31. The minimum absolute atomic E-state index is 0.00185. The fourth-order valence-electron chi connectivity index (χ4n) is 3.58. The molecule has 4 aromatic rings. The number of sulfonamides is 1. The monoisotopic (exact) mass is 453 g/mol. The predicted octanol–water partition coefficient (Wildman–Crippen LogP) is 3.03. The van der Waals surface area contributed by atoms with Crippen LogP contribution in [0, 0.1) is 0 Å². The quantitative estimate of drug-likeness (QED) is 0.316. The summed E-state index contributed by atoms with van der Waals surface area (Å²) in [5.74, 6) is -1.13. The number of carboxylic acids is 1. The van der Waals surface area contributed by atoms with E-state index in [9.17, 15) is 22.8 Å². The number of hydrogen-bond donors (Lipinski definition) is 4. The van der Waals surface area contributed by atoms with Crippen LogP contribution < -0.4 is 10.3 Å². The smallest absolute Gasteiger partial charge is 0.303 e. The molecule has 4 rings (SSSR count). The molecule has 2 heterocycles. The maximum absolute atomic E-state index is 12.8. The molecule has 0 amide bonds. The molecule has 0 fully saturated rings. The molecule has 0 aliphatic carbocycles. The number of carbonyl (C=O) groups is 2. The van der Waals surface area contributed by atoms with Gasteiger partial charge < -0.3 is 15.1 Å². The molecule has 4 N–H and O–H groups in total. The Hall–Kier alpha value is -3.92. The molecule has 32 heavy (non-hydrogen) atoms. The van der Waals surface area contributed by atoms with Gasteiger partial charge in [-0.2, -0.15) is 0 Å². The van der Waals surface area contributed by atoms with Gasteiger partial charge in [-0.05, 0) is 49.2 Å². The molecule has 0 aliphatic rings. The Bertz CT molecular complexity index is 1530. The Morgan fingerprint density at radius 2 is 1.81 bits per heavy atom. The number of benzene rings is 2. The van der Waals surface area contributed by atoms with E-state index in [-0.39, 0.29) is 40.3 Å². The maximum atomic E-state index is 12.8. The number of aromatic nitrogens is 2. The number of nitrogens with one attached hydrogen (secondary N) is 3. The molecular formula is C22H19N3O6S. The number of hydrogen-bond acceptors (Lipinski definition) is 5. The first-order valence-electron chi connectivity index (χ1n) is 9.67. The number of Topliss-reactive ketones (excluding diaryl/α,β-unsaturated/α-hetero) is 1. The van der Waals surface area contributed by atoms with Gasteiger partial charge in [0.2, 0.25) is 0 Å². The fourth-order valence-corrected chi connectivity index (χ4v) is 4.63. The summed E-state index contributed by atoms with van der Waals surface area (Å²) < 4.78 is 28.1. The van der Waals surface area contributed by atoms with Crippen LogP contribution in [-0.2, 0) is 21.2 Å². The number of H-pyrrole nitrogens is 2. The zero-order valence-electron chi connectivity index (χ0n) is 16.9. The van der Waals surface area contributed by atoms with Crippen LogP contribution in [0.4, 0.5) is 5.69 Å². The van der Waals surface area contributed by atoms with E-state index in [0.29, 0.717) is 27.4 Å². The second-order valence-corrected chi connectivity index (χ2v) is 9.04. The zero-order valence-corrected chi connectivity index (χ0v) is 17.7. The molecule has 0 unspecified atom stereocenters. The Labute approximate surface area is 182 Å². The van der Waals surface area contributed by atoms with E-state index in [1.807, 2.05) is 0 Å². The molecule has 0 atom stereocenters. The van der Waals surface area contributed by atoms with Gasteiger partial charge in [-0.1, -0.05) is 12.1 Å². The van der Waals surface area contributed by atoms with E-state index in [1.165, 1.54) is 37.3 Å².